The van der Waals surface area contributed by atoms with Crippen LogP contribution in [-0.4, -0.2) is 17.8 Å². The Morgan fingerprint density at radius 2 is 2.11 bits per heavy atom. The predicted molar refractivity (Wildman–Crippen MR) is 39.2 cm³/mol. The van der Waals surface area contributed by atoms with Gasteiger partial charge in [-0.05, 0) is 12.8 Å². The molecular weight excluding hydrogens is 114 g/mol. The Morgan fingerprint density at radius 1 is 1.44 bits per heavy atom. The van der Waals surface area contributed by atoms with E-state index in [1.165, 1.54) is 12.8 Å². The Balaban J connectivity index is 2.95. The SMILES string of the molecule is CCCC[C@@H](N)CCO. The molecule has 0 aromatic heterocycles. The first-order chi connectivity index (χ1) is 4.31. The van der Waals surface area contributed by atoms with E-state index in [-0.39, 0.29) is 12.6 Å². The lowest BCUT2D eigenvalue weighted by Gasteiger charge is -2.06. The smallest absolute Gasteiger partial charge is 0.0445 e. The molecule has 0 radical (unpaired) electrons. The molecule has 0 aliphatic heterocycles. The monoisotopic (exact) mass is 131 g/mol. The van der Waals surface area contributed by atoms with Crippen molar-refractivity contribution in [3.63, 3.8) is 0 Å². The largest absolute Gasteiger partial charge is 0.396 e. The fourth-order valence-electron chi connectivity index (χ4n) is 0.776. The van der Waals surface area contributed by atoms with E-state index in [0.717, 1.165) is 12.8 Å². The molecule has 3 N–H and O–H groups in total. The molecule has 0 aliphatic carbocycles. The highest BCUT2D eigenvalue weighted by Crippen LogP contribution is 2.00. The molecule has 0 unspecified atom stereocenters. The maximum absolute atomic E-state index is 8.46. The van der Waals surface area contributed by atoms with Crippen molar-refractivity contribution in [3.05, 3.63) is 0 Å². The Hall–Kier alpha value is -0.0800. The summed E-state index contributed by atoms with van der Waals surface area (Å²) in [5.41, 5.74) is 5.61. The first kappa shape index (κ1) is 8.92. The zero-order chi connectivity index (χ0) is 7.11. The van der Waals surface area contributed by atoms with E-state index in [2.05, 4.69) is 6.92 Å². The van der Waals surface area contributed by atoms with Gasteiger partial charge in [0, 0.05) is 12.6 Å². The standard InChI is InChI=1S/C7H17NO/c1-2-3-4-7(8)5-6-9/h7,9H,2-6,8H2,1H3/t7-/m1/s1. The van der Waals surface area contributed by atoms with Gasteiger partial charge in [0.25, 0.3) is 0 Å². The van der Waals surface area contributed by atoms with E-state index in [1.807, 2.05) is 0 Å². The number of hydrogen-bond acceptors (Lipinski definition) is 2. The highest BCUT2D eigenvalue weighted by atomic mass is 16.3. The molecule has 2 nitrogen and oxygen atoms in total. The van der Waals surface area contributed by atoms with E-state index in [0.29, 0.717) is 0 Å². The minimum absolute atomic E-state index is 0.218. The van der Waals surface area contributed by atoms with Crippen LogP contribution in [0.4, 0.5) is 0 Å². The number of rotatable bonds is 5. The van der Waals surface area contributed by atoms with Crippen molar-refractivity contribution in [2.75, 3.05) is 6.61 Å². The lowest BCUT2D eigenvalue weighted by molar-refractivity contribution is 0.272. The summed E-state index contributed by atoms with van der Waals surface area (Å²) in [4.78, 5) is 0. The van der Waals surface area contributed by atoms with Gasteiger partial charge in [0.05, 0.1) is 0 Å². The molecule has 0 bridgehead atoms. The third-order valence-electron chi connectivity index (χ3n) is 1.43. The minimum Gasteiger partial charge on any atom is -0.396 e. The van der Waals surface area contributed by atoms with E-state index in [9.17, 15) is 0 Å². The normalized spacial score (nSPS) is 13.7. The summed E-state index contributed by atoms with van der Waals surface area (Å²) in [7, 11) is 0. The van der Waals surface area contributed by atoms with E-state index in [1.54, 1.807) is 0 Å². The Morgan fingerprint density at radius 3 is 2.56 bits per heavy atom. The van der Waals surface area contributed by atoms with Crippen molar-refractivity contribution < 1.29 is 5.11 Å². The van der Waals surface area contributed by atoms with Crippen LogP contribution in [0.5, 0.6) is 0 Å². The summed E-state index contributed by atoms with van der Waals surface area (Å²) in [6.45, 7) is 2.37. The Labute approximate surface area is 57.1 Å². The van der Waals surface area contributed by atoms with Crippen LogP contribution in [0.1, 0.15) is 32.6 Å². The highest BCUT2D eigenvalue weighted by molar-refractivity contribution is 4.58. The fraction of sp³-hybridized carbons (Fsp3) is 1.00. The van der Waals surface area contributed by atoms with Crippen molar-refractivity contribution in [2.24, 2.45) is 5.73 Å². The summed E-state index contributed by atoms with van der Waals surface area (Å²) in [5.74, 6) is 0. The topological polar surface area (TPSA) is 46.2 Å². The van der Waals surface area contributed by atoms with Crippen LogP contribution in [0.25, 0.3) is 0 Å². The molecule has 0 aliphatic rings. The van der Waals surface area contributed by atoms with Crippen molar-refractivity contribution >= 4 is 0 Å². The quantitative estimate of drug-likeness (QED) is 0.582. The van der Waals surface area contributed by atoms with Gasteiger partial charge < -0.3 is 10.8 Å². The molecule has 56 valence electrons. The number of unbranched alkanes of at least 4 members (excludes halogenated alkanes) is 1. The van der Waals surface area contributed by atoms with Crippen LogP contribution in [0, 0.1) is 0 Å². The molecule has 2 heteroatoms. The van der Waals surface area contributed by atoms with Crippen LogP contribution in [0.3, 0.4) is 0 Å². The van der Waals surface area contributed by atoms with Gasteiger partial charge in [0.15, 0.2) is 0 Å². The van der Waals surface area contributed by atoms with Crippen molar-refractivity contribution in [3.8, 4) is 0 Å². The second kappa shape index (κ2) is 6.05. The molecule has 0 saturated heterocycles. The Bertz CT molecular complexity index is 56.9. The number of nitrogens with two attached hydrogens (primary N) is 1. The van der Waals surface area contributed by atoms with Gasteiger partial charge in [0.2, 0.25) is 0 Å². The number of hydrogen-bond donors (Lipinski definition) is 2. The average molecular weight is 131 g/mol. The van der Waals surface area contributed by atoms with Crippen LogP contribution >= 0.6 is 0 Å². The summed E-state index contributed by atoms with van der Waals surface area (Å²) in [5, 5.41) is 8.46. The zero-order valence-electron chi connectivity index (χ0n) is 6.14. The summed E-state index contributed by atoms with van der Waals surface area (Å²) in [6, 6.07) is 0.218. The summed E-state index contributed by atoms with van der Waals surface area (Å²) in [6.07, 6.45) is 4.18. The molecule has 0 heterocycles. The molecule has 0 fully saturated rings. The molecule has 0 rings (SSSR count). The molecule has 0 spiro atoms. The average Bonchev–Trinajstić information content (AvgIpc) is 1.85. The van der Waals surface area contributed by atoms with E-state index >= 15 is 0 Å². The lowest BCUT2D eigenvalue weighted by Crippen LogP contribution is -2.20. The van der Waals surface area contributed by atoms with Gasteiger partial charge in [-0.15, -0.1) is 0 Å². The third-order valence-corrected chi connectivity index (χ3v) is 1.43. The van der Waals surface area contributed by atoms with Gasteiger partial charge in [0.1, 0.15) is 0 Å². The van der Waals surface area contributed by atoms with Gasteiger partial charge in [-0.2, -0.15) is 0 Å². The molecule has 0 amide bonds. The van der Waals surface area contributed by atoms with E-state index in [4.69, 9.17) is 10.8 Å². The number of aliphatic hydroxyl groups excluding tert-OH is 1. The first-order valence-electron chi connectivity index (χ1n) is 3.67. The predicted octanol–water partition coefficient (Wildman–Crippen LogP) is 0.886. The Kier molecular flexibility index (Phi) is 5.99. The van der Waals surface area contributed by atoms with Gasteiger partial charge in [-0.25, -0.2) is 0 Å². The van der Waals surface area contributed by atoms with Crippen LogP contribution in [-0.2, 0) is 0 Å². The van der Waals surface area contributed by atoms with Gasteiger partial charge in [-0.3, -0.25) is 0 Å². The maximum Gasteiger partial charge on any atom is 0.0445 e. The third kappa shape index (κ3) is 5.80. The van der Waals surface area contributed by atoms with Gasteiger partial charge >= 0.3 is 0 Å². The first-order valence-corrected chi connectivity index (χ1v) is 3.67. The molecule has 0 aromatic carbocycles. The second-order valence-electron chi connectivity index (χ2n) is 2.41. The lowest BCUT2D eigenvalue weighted by atomic mass is 10.1. The highest BCUT2D eigenvalue weighted by Gasteiger charge is 1.98. The number of aliphatic hydroxyl groups is 1. The molecule has 1 atom stereocenters. The summed E-state index contributed by atoms with van der Waals surface area (Å²) >= 11 is 0. The van der Waals surface area contributed by atoms with Gasteiger partial charge in [-0.1, -0.05) is 19.8 Å². The minimum atomic E-state index is 0.218. The van der Waals surface area contributed by atoms with Crippen molar-refractivity contribution in [1.29, 1.82) is 0 Å². The van der Waals surface area contributed by atoms with Crippen molar-refractivity contribution in [2.45, 2.75) is 38.6 Å². The van der Waals surface area contributed by atoms with E-state index < -0.39 is 0 Å². The molecule has 0 saturated carbocycles. The van der Waals surface area contributed by atoms with Crippen LogP contribution in [0.15, 0.2) is 0 Å². The molecule has 9 heavy (non-hydrogen) atoms. The van der Waals surface area contributed by atoms with Crippen LogP contribution < -0.4 is 5.73 Å². The molecular formula is C7H17NO. The fourth-order valence-corrected chi connectivity index (χ4v) is 0.776. The maximum atomic E-state index is 8.46. The van der Waals surface area contributed by atoms with Crippen LogP contribution in [0.2, 0.25) is 0 Å². The van der Waals surface area contributed by atoms with Crippen molar-refractivity contribution in [1.82, 2.24) is 0 Å². The molecule has 0 aromatic rings. The summed E-state index contributed by atoms with van der Waals surface area (Å²) < 4.78 is 0. The second-order valence-corrected chi connectivity index (χ2v) is 2.41. The zero-order valence-corrected chi connectivity index (χ0v) is 6.14.